The fourth-order valence-corrected chi connectivity index (χ4v) is 7.19. The fourth-order valence-electron chi connectivity index (χ4n) is 7.19. The van der Waals surface area contributed by atoms with E-state index in [2.05, 4.69) is 39.5 Å². The summed E-state index contributed by atoms with van der Waals surface area (Å²) in [6.45, 7) is 15.2. The molecule has 0 rings (SSSR count). The van der Waals surface area contributed by atoms with E-state index in [9.17, 15) is 19.2 Å². The number of carbonyl (C=O) groups excluding carboxylic acids is 4. The number of hydrogen-bond donors (Lipinski definition) is 0. The first-order chi connectivity index (χ1) is 30.3. The third-order valence-corrected chi connectivity index (χ3v) is 11.4. The Morgan fingerprint density at radius 2 is 0.710 bits per heavy atom. The highest BCUT2D eigenvalue weighted by molar-refractivity contribution is 5.70. The SMILES string of the molecule is CCCCCCCCCCOC(=O)CCCCCCCC(=O)OCC(COC(=O)CCCN(CC)CC)COC(=O)CCC(OCCCCCCCC)OCCCCCCCC. The van der Waals surface area contributed by atoms with Crippen molar-refractivity contribution in [2.24, 2.45) is 5.92 Å². The van der Waals surface area contributed by atoms with Crippen LogP contribution in [0.15, 0.2) is 0 Å². The average molecular weight is 884 g/mol. The molecule has 62 heavy (non-hydrogen) atoms. The van der Waals surface area contributed by atoms with Gasteiger partial charge in [0.1, 0.15) is 19.8 Å². The first-order valence-electron chi connectivity index (χ1n) is 25.9. The second kappa shape index (κ2) is 46.7. The van der Waals surface area contributed by atoms with Gasteiger partial charge in [-0.05, 0) is 58.2 Å². The van der Waals surface area contributed by atoms with Gasteiger partial charge in [0.15, 0.2) is 6.29 Å². The fraction of sp³-hybridized carbons (Fsp3) is 0.922. The highest BCUT2D eigenvalue weighted by Gasteiger charge is 2.20. The van der Waals surface area contributed by atoms with Crippen molar-refractivity contribution in [3.63, 3.8) is 0 Å². The second-order valence-corrected chi connectivity index (χ2v) is 17.3. The van der Waals surface area contributed by atoms with Crippen LogP contribution in [0.5, 0.6) is 0 Å². The minimum absolute atomic E-state index is 0.00240. The molecule has 0 aromatic heterocycles. The van der Waals surface area contributed by atoms with Crippen LogP contribution in [0.3, 0.4) is 0 Å². The molecule has 0 fully saturated rings. The highest BCUT2D eigenvalue weighted by Crippen LogP contribution is 2.15. The molecule has 366 valence electrons. The van der Waals surface area contributed by atoms with Gasteiger partial charge < -0.3 is 33.3 Å². The van der Waals surface area contributed by atoms with Crippen LogP contribution >= 0.6 is 0 Å². The van der Waals surface area contributed by atoms with Crippen molar-refractivity contribution in [2.45, 2.75) is 240 Å². The van der Waals surface area contributed by atoms with E-state index >= 15 is 0 Å². The zero-order valence-electron chi connectivity index (χ0n) is 41.0. The van der Waals surface area contributed by atoms with Crippen molar-refractivity contribution < 1.29 is 47.6 Å². The molecule has 0 heterocycles. The normalized spacial score (nSPS) is 11.9. The maximum absolute atomic E-state index is 13.0. The highest BCUT2D eigenvalue weighted by atomic mass is 16.7. The van der Waals surface area contributed by atoms with Crippen molar-refractivity contribution in [1.29, 1.82) is 0 Å². The molecule has 0 aromatic rings. The van der Waals surface area contributed by atoms with E-state index in [4.69, 9.17) is 28.4 Å². The number of rotatable bonds is 48. The van der Waals surface area contributed by atoms with Crippen LogP contribution in [0.25, 0.3) is 0 Å². The smallest absolute Gasteiger partial charge is 0.305 e. The summed E-state index contributed by atoms with van der Waals surface area (Å²) in [7, 11) is 0. The lowest BCUT2D eigenvalue weighted by molar-refractivity contribution is -0.162. The van der Waals surface area contributed by atoms with Gasteiger partial charge in [-0.2, -0.15) is 0 Å². The van der Waals surface area contributed by atoms with E-state index in [-0.39, 0.29) is 56.5 Å². The van der Waals surface area contributed by atoms with Crippen molar-refractivity contribution in [3.8, 4) is 0 Å². The molecule has 0 aliphatic rings. The van der Waals surface area contributed by atoms with Crippen LogP contribution in [-0.2, 0) is 47.6 Å². The molecule has 0 N–H and O–H groups in total. The third kappa shape index (κ3) is 41.8. The molecule has 1 unspecified atom stereocenters. The van der Waals surface area contributed by atoms with Crippen LogP contribution in [0.4, 0.5) is 0 Å². The summed E-state index contributed by atoms with van der Waals surface area (Å²) >= 11 is 0. The van der Waals surface area contributed by atoms with Crippen LogP contribution in [-0.4, -0.2) is 94.3 Å². The van der Waals surface area contributed by atoms with Gasteiger partial charge in [0, 0.05) is 38.9 Å². The molecule has 0 amide bonds. The molecule has 0 spiro atoms. The largest absolute Gasteiger partial charge is 0.466 e. The zero-order valence-corrected chi connectivity index (χ0v) is 41.0. The molecule has 11 heteroatoms. The van der Waals surface area contributed by atoms with Crippen molar-refractivity contribution in [2.75, 3.05) is 59.3 Å². The standard InChI is InChI=1S/C51H97NO10/c1-6-11-14-17-20-21-27-30-40-57-47(53)34-28-23-22-24-29-35-48(54)60-43-46(44-61-49(55)36-33-39-52(9-4)10-5)45-62-50(56)37-38-51(58-41-31-25-18-15-12-7-2)59-42-32-26-19-16-13-8-3/h46,51H,6-45H2,1-5H3. The maximum atomic E-state index is 13.0. The number of ether oxygens (including phenoxy) is 6. The number of nitrogens with zero attached hydrogens (tertiary/aromatic N) is 1. The van der Waals surface area contributed by atoms with Gasteiger partial charge in [-0.3, -0.25) is 19.2 Å². The van der Waals surface area contributed by atoms with E-state index in [1.807, 2.05) is 0 Å². The van der Waals surface area contributed by atoms with Gasteiger partial charge in [-0.15, -0.1) is 0 Å². The number of carbonyl (C=O) groups is 4. The van der Waals surface area contributed by atoms with Gasteiger partial charge in [0.2, 0.25) is 0 Å². The topological polar surface area (TPSA) is 127 Å². The molecule has 0 bridgehead atoms. The molecule has 0 radical (unpaired) electrons. The molecule has 0 aliphatic carbocycles. The van der Waals surface area contributed by atoms with Gasteiger partial charge in [-0.1, -0.05) is 163 Å². The van der Waals surface area contributed by atoms with E-state index in [0.717, 1.165) is 83.8 Å². The minimum atomic E-state index is -0.478. The molecular formula is C51H97NO10. The Kier molecular flexibility index (Phi) is 45.1. The zero-order chi connectivity index (χ0) is 45.6. The van der Waals surface area contributed by atoms with E-state index in [0.29, 0.717) is 51.9 Å². The lowest BCUT2D eigenvalue weighted by Crippen LogP contribution is -2.27. The summed E-state index contributed by atoms with van der Waals surface area (Å²) in [5.41, 5.74) is 0. The van der Waals surface area contributed by atoms with Crippen LogP contribution in [0.1, 0.15) is 234 Å². The lowest BCUT2D eigenvalue weighted by atomic mass is 10.1. The minimum Gasteiger partial charge on any atom is -0.466 e. The third-order valence-electron chi connectivity index (χ3n) is 11.4. The Hall–Kier alpha value is -2.24. The first kappa shape index (κ1) is 59.8. The van der Waals surface area contributed by atoms with Crippen molar-refractivity contribution in [3.05, 3.63) is 0 Å². The Labute approximate surface area is 380 Å². The molecule has 0 aliphatic heterocycles. The molecule has 0 saturated carbocycles. The summed E-state index contributed by atoms with van der Waals surface area (Å²) in [5, 5.41) is 0. The number of esters is 4. The van der Waals surface area contributed by atoms with Crippen molar-refractivity contribution in [1.82, 2.24) is 4.90 Å². The molecule has 11 nitrogen and oxygen atoms in total. The molecule has 1 atom stereocenters. The van der Waals surface area contributed by atoms with Gasteiger partial charge in [-0.25, -0.2) is 0 Å². The first-order valence-corrected chi connectivity index (χ1v) is 25.9. The molecule has 0 aromatic carbocycles. The Balaban J connectivity index is 4.76. The monoisotopic (exact) mass is 884 g/mol. The van der Waals surface area contributed by atoms with Gasteiger partial charge in [0.05, 0.1) is 18.9 Å². The Morgan fingerprint density at radius 3 is 1.13 bits per heavy atom. The van der Waals surface area contributed by atoms with Crippen LogP contribution in [0.2, 0.25) is 0 Å². The summed E-state index contributed by atoms with van der Waals surface area (Å²) in [6, 6.07) is 0. The van der Waals surface area contributed by atoms with E-state index in [1.165, 1.54) is 89.9 Å². The van der Waals surface area contributed by atoms with Crippen LogP contribution < -0.4 is 0 Å². The van der Waals surface area contributed by atoms with Gasteiger partial charge in [0.25, 0.3) is 0 Å². The average Bonchev–Trinajstić information content (AvgIpc) is 3.27. The quantitative estimate of drug-likeness (QED) is 0.0251. The number of unbranched alkanes of at least 4 members (excludes halogenated alkanes) is 21. The summed E-state index contributed by atoms with van der Waals surface area (Å²) in [5.74, 6) is -1.63. The van der Waals surface area contributed by atoms with Crippen molar-refractivity contribution >= 4 is 23.9 Å². The summed E-state index contributed by atoms with van der Waals surface area (Å²) in [6.07, 6.45) is 29.7. The predicted octanol–water partition coefficient (Wildman–Crippen LogP) is 12.6. The molecular weight excluding hydrogens is 787 g/mol. The van der Waals surface area contributed by atoms with Gasteiger partial charge >= 0.3 is 23.9 Å². The lowest BCUT2D eigenvalue weighted by Gasteiger charge is -2.20. The summed E-state index contributed by atoms with van der Waals surface area (Å²) in [4.78, 5) is 52.6. The number of hydrogen-bond acceptors (Lipinski definition) is 11. The maximum Gasteiger partial charge on any atom is 0.305 e. The van der Waals surface area contributed by atoms with E-state index in [1.54, 1.807) is 0 Å². The second-order valence-electron chi connectivity index (χ2n) is 17.3. The predicted molar refractivity (Wildman–Crippen MR) is 251 cm³/mol. The Bertz CT molecular complexity index is 1000. The Morgan fingerprint density at radius 1 is 0.371 bits per heavy atom. The van der Waals surface area contributed by atoms with E-state index < -0.39 is 12.2 Å². The summed E-state index contributed by atoms with van der Waals surface area (Å²) < 4.78 is 34.4. The van der Waals surface area contributed by atoms with Crippen LogP contribution in [0, 0.1) is 5.92 Å². The molecule has 0 saturated heterocycles.